The van der Waals surface area contributed by atoms with Crippen LogP contribution in [0.1, 0.15) is 5.56 Å². The Labute approximate surface area is 104 Å². The van der Waals surface area contributed by atoms with Crippen LogP contribution in [-0.2, 0) is 0 Å². The van der Waals surface area contributed by atoms with Gasteiger partial charge in [0.2, 0.25) is 0 Å². The summed E-state index contributed by atoms with van der Waals surface area (Å²) in [4.78, 5) is 0. The maximum atomic E-state index is 9.61. The molecule has 0 spiro atoms. The summed E-state index contributed by atoms with van der Waals surface area (Å²) in [6.45, 7) is 6.39. The highest BCUT2D eigenvalue weighted by Crippen LogP contribution is 2.27. The molecular formula is C11H13IO2Si. The summed E-state index contributed by atoms with van der Waals surface area (Å²) in [6, 6.07) is 3.02. The van der Waals surface area contributed by atoms with Gasteiger partial charge in [0.05, 0.1) is 9.13 Å². The van der Waals surface area contributed by atoms with Crippen molar-refractivity contribution < 1.29 is 10.2 Å². The molecule has 0 heterocycles. The summed E-state index contributed by atoms with van der Waals surface area (Å²) in [5.41, 5.74) is 3.64. The molecule has 0 saturated carbocycles. The SMILES string of the molecule is C[Si](C)(C)C#Cc1cc(O)c(I)cc1O. The minimum atomic E-state index is -1.45. The summed E-state index contributed by atoms with van der Waals surface area (Å²) in [5.74, 6) is 3.21. The Morgan fingerprint density at radius 3 is 2.27 bits per heavy atom. The number of aromatic hydroxyl groups is 2. The van der Waals surface area contributed by atoms with Crippen molar-refractivity contribution >= 4 is 30.7 Å². The van der Waals surface area contributed by atoms with Crippen molar-refractivity contribution in [3.05, 3.63) is 21.3 Å². The predicted molar refractivity (Wildman–Crippen MR) is 72.7 cm³/mol. The normalized spacial score (nSPS) is 10.7. The van der Waals surface area contributed by atoms with E-state index in [1.807, 2.05) is 22.6 Å². The molecule has 80 valence electrons. The molecule has 0 atom stereocenters. The second-order valence-corrected chi connectivity index (χ2v) is 10.2. The molecule has 0 aliphatic rings. The summed E-state index contributed by atoms with van der Waals surface area (Å²) < 4.78 is 0.628. The predicted octanol–water partition coefficient (Wildman–Crippen LogP) is 2.93. The summed E-state index contributed by atoms with van der Waals surface area (Å²) in [6.07, 6.45) is 0. The number of rotatable bonds is 0. The van der Waals surface area contributed by atoms with E-state index in [-0.39, 0.29) is 11.5 Å². The number of halogens is 1. The van der Waals surface area contributed by atoms with E-state index in [1.54, 1.807) is 0 Å². The highest BCUT2D eigenvalue weighted by Gasteiger charge is 2.09. The van der Waals surface area contributed by atoms with Gasteiger partial charge in [0.1, 0.15) is 19.6 Å². The molecule has 15 heavy (non-hydrogen) atoms. The highest BCUT2D eigenvalue weighted by molar-refractivity contribution is 14.1. The van der Waals surface area contributed by atoms with E-state index in [9.17, 15) is 10.2 Å². The Morgan fingerprint density at radius 1 is 1.13 bits per heavy atom. The molecule has 0 bridgehead atoms. The Kier molecular flexibility index (Phi) is 3.68. The molecule has 0 radical (unpaired) electrons. The lowest BCUT2D eigenvalue weighted by Crippen LogP contribution is -2.16. The third-order valence-electron chi connectivity index (χ3n) is 1.64. The van der Waals surface area contributed by atoms with Crippen molar-refractivity contribution in [1.29, 1.82) is 0 Å². The lowest BCUT2D eigenvalue weighted by molar-refractivity contribution is 0.455. The minimum absolute atomic E-state index is 0.128. The largest absolute Gasteiger partial charge is 0.507 e. The van der Waals surface area contributed by atoms with Gasteiger partial charge in [-0.1, -0.05) is 25.6 Å². The number of phenols is 2. The van der Waals surface area contributed by atoms with Gasteiger partial charge in [-0.05, 0) is 28.7 Å². The Bertz CT molecular complexity index is 438. The smallest absolute Gasteiger partial charge is 0.132 e. The van der Waals surface area contributed by atoms with Crippen LogP contribution in [-0.4, -0.2) is 18.3 Å². The van der Waals surface area contributed by atoms with Crippen molar-refractivity contribution in [2.24, 2.45) is 0 Å². The van der Waals surface area contributed by atoms with Gasteiger partial charge in [-0.2, -0.15) is 0 Å². The van der Waals surface area contributed by atoms with Gasteiger partial charge in [0.25, 0.3) is 0 Å². The third kappa shape index (κ3) is 3.76. The van der Waals surface area contributed by atoms with Crippen LogP contribution < -0.4 is 0 Å². The van der Waals surface area contributed by atoms with Crippen molar-refractivity contribution in [3.8, 4) is 23.0 Å². The van der Waals surface area contributed by atoms with Gasteiger partial charge in [-0.3, -0.25) is 0 Å². The van der Waals surface area contributed by atoms with Gasteiger partial charge < -0.3 is 10.2 Å². The van der Waals surface area contributed by atoms with Gasteiger partial charge in [0.15, 0.2) is 0 Å². The Balaban J connectivity index is 3.15. The second-order valence-electron chi connectivity index (χ2n) is 4.32. The van der Waals surface area contributed by atoms with E-state index in [0.29, 0.717) is 9.13 Å². The van der Waals surface area contributed by atoms with Crippen LogP contribution in [0.5, 0.6) is 11.5 Å². The van der Waals surface area contributed by atoms with E-state index in [0.717, 1.165) is 0 Å². The number of benzene rings is 1. The van der Waals surface area contributed by atoms with Crippen LogP contribution >= 0.6 is 22.6 Å². The maximum Gasteiger partial charge on any atom is 0.132 e. The fraction of sp³-hybridized carbons (Fsp3) is 0.273. The van der Waals surface area contributed by atoms with Crippen molar-refractivity contribution in [3.63, 3.8) is 0 Å². The molecule has 0 fully saturated rings. The monoisotopic (exact) mass is 332 g/mol. The van der Waals surface area contributed by atoms with E-state index < -0.39 is 8.07 Å². The zero-order chi connectivity index (χ0) is 11.6. The molecule has 0 aromatic heterocycles. The van der Waals surface area contributed by atoms with Crippen molar-refractivity contribution in [1.82, 2.24) is 0 Å². The molecule has 2 nitrogen and oxygen atoms in total. The van der Waals surface area contributed by atoms with E-state index >= 15 is 0 Å². The first-order chi connectivity index (χ1) is 6.79. The zero-order valence-electron chi connectivity index (χ0n) is 8.93. The minimum Gasteiger partial charge on any atom is -0.507 e. The summed E-state index contributed by atoms with van der Waals surface area (Å²) >= 11 is 1.96. The van der Waals surface area contributed by atoms with Crippen LogP contribution in [0.2, 0.25) is 19.6 Å². The molecule has 1 aromatic rings. The fourth-order valence-corrected chi connectivity index (χ4v) is 1.87. The molecule has 0 saturated heterocycles. The van der Waals surface area contributed by atoms with Crippen molar-refractivity contribution in [2.45, 2.75) is 19.6 Å². The van der Waals surface area contributed by atoms with Crippen molar-refractivity contribution in [2.75, 3.05) is 0 Å². The zero-order valence-corrected chi connectivity index (χ0v) is 12.1. The van der Waals surface area contributed by atoms with Gasteiger partial charge in [0, 0.05) is 6.07 Å². The quantitative estimate of drug-likeness (QED) is 0.332. The molecule has 0 aliphatic heterocycles. The van der Waals surface area contributed by atoms with E-state index in [1.165, 1.54) is 12.1 Å². The molecule has 4 heteroatoms. The molecule has 0 unspecified atom stereocenters. The van der Waals surface area contributed by atoms with Crippen LogP contribution in [0.15, 0.2) is 12.1 Å². The summed E-state index contributed by atoms with van der Waals surface area (Å²) in [7, 11) is -1.45. The average molecular weight is 332 g/mol. The van der Waals surface area contributed by atoms with E-state index in [4.69, 9.17) is 0 Å². The first-order valence-electron chi connectivity index (χ1n) is 4.54. The Hall–Kier alpha value is -0.673. The average Bonchev–Trinajstić information content (AvgIpc) is 2.07. The maximum absolute atomic E-state index is 9.61. The number of hydrogen-bond acceptors (Lipinski definition) is 2. The summed E-state index contributed by atoms with van der Waals surface area (Å²) in [5, 5.41) is 19.1. The van der Waals surface area contributed by atoms with Crippen LogP contribution in [0.3, 0.4) is 0 Å². The van der Waals surface area contributed by atoms with E-state index in [2.05, 4.69) is 31.1 Å². The first kappa shape index (κ1) is 12.4. The fourth-order valence-electron chi connectivity index (χ4n) is 0.906. The third-order valence-corrected chi connectivity index (χ3v) is 3.38. The molecule has 1 aromatic carbocycles. The lowest BCUT2D eigenvalue weighted by atomic mass is 10.2. The molecular weight excluding hydrogens is 319 g/mol. The number of hydrogen-bond donors (Lipinski definition) is 2. The molecule has 2 N–H and O–H groups in total. The van der Waals surface area contributed by atoms with Gasteiger partial charge >= 0.3 is 0 Å². The van der Waals surface area contributed by atoms with Crippen LogP contribution in [0.25, 0.3) is 0 Å². The topological polar surface area (TPSA) is 40.5 Å². The van der Waals surface area contributed by atoms with Gasteiger partial charge in [-0.25, -0.2) is 0 Å². The first-order valence-corrected chi connectivity index (χ1v) is 9.12. The van der Waals surface area contributed by atoms with Crippen LogP contribution in [0, 0.1) is 15.0 Å². The molecule has 1 rings (SSSR count). The lowest BCUT2D eigenvalue weighted by Gasteiger charge is -2.05. The van der Waals surface area contributed by atoms with Gasteiger partial charge in [-0.15, -0.1) is 5.54 Å². The number of phenolic OH excluding ortho intramolecular Hbond substituents is 2. The molecule has 0 aliphatic carbocycles. The van der Waals surface area contributed by atoms with Crippen LogP contribution in [0.4, 0.5) is 0 Å². The Morgan fingerprint density at radius 2 is 1.73 bits per heavy atom. The standard InChI is InChI=1S/C11H13IO2Si/c1-15(2,3)5-4-8-6-11(14)9(12)7-10(8)13/h6-7,13-14H,1-3H3. The second kappa shape index (κ2) is 4.45. The molecule has 0 amide bonds. The highest BCUT2D eigenvalue weighted by atomic mass is 127.